The largest absolute Gasteiger partial charge is 0.381 e. The predicted molar refractivity (Wildman–Crippen MR) is 113 cm³/mol. The zero-order chi connectivity index (χ0) is 19.7. The Morgan fingerprint density at radius 2 is 2.00 bits per heavy atom. The summed E-state index contributed by atoms with van der Waals surface area (Å²) >= 11 is 1.69. The zero-order valence-electron chi connectivity index (χ0n) is 17.0. The lowest BCUT2D eigenvalue weighted by Gasteiger charge is -2.43. The van der Waals surface area contributed by atoms with E-state index in [2.05, 4.69) is 36.6 Å². The highest BCUT2D eigenvalue weighted by molar-refractivity contribution is 7.97. The lowest BCUT2D eigenvalue weighted by Crippen LogP contribution is -2.57. The minimum Gasteiger partial charge on any atom is -0.381 e. The van der Waals surface area contributed by atoms with Crippen LogP contribution in [0.3, 0.4) is 0 Å². The lowest BCUT2D eigenvalue weighted by molar-refractivity contribution is -0.00501. The Labute approximate surface area is 167 Å². The SMILES string of the molecule is CCNC(=NCc1ccc(F)cc1CSC)NCC1(N(C)C)CCOCC1. The molecule has 1 saturated heterocycles. The number of nitrogens with zero attached hydrogens (tertiary/aromatic N) is 2. The molecule has 0 unspecified atom stereocenters. The van der Waals surface area contributed by atoms with E-state index >= 15 is 0 Å². The summed E-state index contributed by atoms with van der Waals surface area (Å²) in [7, 11) is 4.26. The van der Waals surface area contributed by atoms with Crippen LogP contribution in [0, 0.1) is 5.82 Å². The highest BCUT2D eigenvalue weighted by Crippen LogP contribution is 2.25. The van der Waals surface area contributed by atoms with Gasteiger partial charge in [-0.1, -0.05) is 6.07 Å². The molecule has 1 aliphatic heterocycles. The van der Waals surface area contributed by atoms with E-state index in [4.69, 9.17) is 9.73 Å². The first-order valence-electron chi connectivity index (χ1n) is 9.54. The van der Waals surface area contributed by atoms with Gasteiger partial charge in [0.2, 0.25) is 0 Å². The van der Waals surface area contributed by atoms with Gasteiger partial charge < -0.3 is 20.3 Å². The van der Waals surface area contributed by atoms with E-state index in [-0.39, 0.29) is 11.4 Å². The van der Waals surface area contributed by atoms with Crippen molar-refractivity contribution < 1.29 is 9.13 Å². The smallest absolute Gasteiger partial charge is 0.191 e. The van der Waals surface area contributed by atoms with Crippen molar-refractivity contribution in [1.29, 1.82) is 0 Å². The standard InChI is InChI=1S/C20H33FN4OS/c1-5-22-19(24-15-20(25(2)3)8-10-26-11-9-20)23-13-16-6-7-18(21)12-17(16)14-27-4/h6-7,12H,5,8-11,13-15H2,1-4H3,(H2,22,23,24). The van der Waals surface area contributed by atoms with Gasteiger partial charge >= 0.3 is 0 Å². The van der Waals surface area contributed by atoms with E-state index in [1.165, 1.54) is 6.07 Å². The van der Waals surface area contributed by atoms with E-state index < -0.39 is 0 Å². The minimum atomic E-state index is -0.191. The molecule has 1 aromatic carbocycles. The number of hydrogen-bond acceptors (Lipinski definition) is 4. The molecule has 0 spiro atoms. The van der Waals surface area contributed by atoms with Crippen LogP contribution in [0.5, 0.6) is 0 Å². The highest BCUT2D eigenvalue weighted by Gasteiger charge is 2.34. The summed E-state index contributed by atoms with van der Waals surface area (Å²) in [5, 5.41) is 6.83. The first-order valence-corrected chi connectivity index (χ1v) is 10.9. The Morgan fingerprint density at radius 3 is 2.63 bits per heavy atom. The molecule has 1 aromatic rings. The Morgan fingerprint density at radius 1 is 1.26 bits per heavy atom. The number of benzene rings is 1. The van der Waals surface area contributed by atoms with Crippen LogP contribution in [0.1, 0.15) is 30.9 Å². The summed E-state index contributed by atoms with van der Waals surface area (Å²) in [5.74, 6) is 1.39. The molecule has 1 heterocycles. The van der Waals surface area contributed by atoms with E-state index in [1.54, 1.807) is 17.8 Å². The Kier molecular flexibility index (Phi) is 8.86. The fourth-order valence-corrected chi connectivity index (χ4v) is 3.91. The second-order valence-electron chi connectivity index (χ2n) is 7.13. The van der Waals surface area contributed by atoms with E-state index in [0.717, 1.165) is 62.0 Å². The number of hydrogen-bond donors (Lipinski definition) is 2. The summed E-state index contributed by atoms with van der Waals surface area (Å²) in [6, 6.07) is 4.97. The van der Waals surface area contributed by atoms with Gasteiger partial charge in [-0.25, -0.2) is 9.38 Å². The first kappa shape index (κ1) is 22.0. The van der Waals surface area contributed by atoms with Gasteiger partial charge in [-0.05, 0) is 63.4 Å². The summed E-state index contributed by atoms with van der Waals surface area (Å²) < 4.78 is 19.1. The molecule has 7 heteroatoms. The fourth-order valence-electron chi connectivity index (χ4n) is 3.33. The van der Waals surface area contributed by atoms with Crippen molar-refractivity contribution in [2.45, 2.75) is 37.6 Å². The van der Waals surface area contributed by atoms with Gasteiger partial charge in [-0.2, -0.15) is 11.8 Å². The van der Waals surface area contributed by atoms with Crippen molar-refractivity contribution in [2.75, 3.05) is 46.7 Å². The average molecular weight is 397 g/mol. The maximum atomic E-state index is 13.6. The molecule has 0 saturated carbocycles. The van der Waals surface area contributed by atoms with Gasteiger partial charge in [-0.3, -0.25) is 0 Å². The molecule has 0 bridgehead atoms. The van der Waals surface area contributed by atoms with Crippen LogP contribution in [0.25, 0.3) is 0 Å². The number of aliphatic imine (C=N–C) groups is 1. The Balaban J connectivity index is 2.08. The van der Waals surface area contributed by atoms with Crippen LogP contribution in [0.4, 0.5) is 4.39 Å². The lowest BCUT2D eigenvalue weighted by atomic mass is 9.88. The van der Waals surface area contributed by atoms with Crippen LogP contribution in [0.2, 0.25) is 0 Å². The van der Waals surface area contributed by atoms with Gasteiger partial charge in [0.25, 0.3) is 0 Å². The first-order chi connectivity index (χ1) is 13.0. The molecular formula is C20H33FN4OS. The van der Waals surface area contributed by atoms with Crippen molar-refractivity contribution in [3.05, 3.63) is 35.1 Å². The number of rotatable bonds is 8. The van der Waals surface area contributed by atoms with E-state index in [9.17, 15) is 4.39 Å². The molecule has 1 aliphatic rings. The molecule has 1 fully saturated rings. The molecule has 0 amide bonds. The summed E-state index contributed by atoms with van der Waals surface area (Å²) in [6.07, 6.45) is 4.03. The van der Waals surface area contributed by atoms with Gasteiger partial charge in [0.1, 0.15) is 5.82 Å². The zero-order valence-corrected chi connectivity index (χ0v) is 17.8. The van der Waals surface area contributed by atoms with Gasteiger partial charge in [0.15, 0.2) is 5.96 Å². The van der Waals surface area contributed by atoms with E-state index in [1.807, 2.05) is 12.3 Å². The molecule has 2 rings (SSSR count). The van der Waals surface area contributed by atoms with Crippen molar-refractivity contribution in [2.24, 2.45) is 4.99 Å². The number of guanidine groups is 1. The van der Waals surface area contributed by atoms with Crippen molar-refractivity contribution in [3.8, 4) is 0 Å². The third kappa shape index (κ3) is 6.36. The van der Waals surface area contributed by atoms with E-state index in [0.29, 0.717) is 6.54 Å². The Hall–Kier alpha value is -1.31. The molecule has 0 atom stereocenters. The van der Waals surface area contributed by atoms with Crippen LogP contribution in [0.15, 0.2) is 23.2 Å². The minimum absolute atomic E-state index is 0.0777. The van der Waals surface area contributed by atoms with Crippen LogP contribution >= 0.6 is 11.8 Å². The Bertz CT molecular complexity index is 618. The summed E-state index contributed by atoms with van der Waals surface area (Å²) in [4.78, 5) is 7.04. The molecule has 0 radical (unpaired) electrons. The van der Waals surface area contributed by atoms with Crippen molar-refractivity contribution in [3.63, 3.8) is 0 Å². The molecule has 2 N–H and O–H groups in total. The topological polar surface area (TPSA) is 48.9 Å². The monoisotopic (exact) mass is 396 g/mol. The molecule has 0 aromatic heterocycles. The second kappa shape index (κ2) is 10.9. The summed E-state index contributed by atoms with van der Waals surface area (Å²) in [6.45, 7) is 5.79. The number of thioether (sulfide) groups is 1. The molecule has 27 heavy (non-hydrogen) atoms. The number of likely N-dealkylation sites (N-methyl/N-ethyl adjacent to an activating group) is 1. The van der Waals surface area contributed by atoms with Gasteiger partial charge in [-0.15, -0.1) is 0 Å². The third-order valence-corrected chi connectivity index (χ3v) is 5.78. The normalized spacial score (nSPS) is 17.2. The number of ether oxygens (including phenoxy) is 1. The molecule has 5 nitrogen and oxygen atoms in total. The molecule has 152 valence electrons. The summed E-state index contributed by atoms with van der Waals surface area (Å²) in [5.41, 5.74) is 2.15. The fraction of sp³-hybridized carbons (Fsp3) is 0.650. The predicted octanol–water partition coefficient (Wildman–Crippen LogP) is 2.85. The van der Waals surface area contributed by atoms with Crippen LogP contribution in [-0.2, 0) is 17.0 Å². The third-order valence-electron chi connectivity index (χ3n) is 5.18. The maximum Gasteiger partial charge on any atom is 0.191 e. The van der Waals surface area contributed by atoms with Crippen LogP contribution in [-0.4, -0.2) is 63.1 Å². The van der Waals surface area contributed by atoms with Crippen molar-refractivity contribution in [1.82, 2.24) is 15.5 Å². The number of nitrogens with one attached hydrogen (secondary N) is 2. The molecular weight excluding hydrogens is 363 g/mol. The highest BCUT2D eigenvalue weighted by atomic mass is 32.2. The van der Waals surface area contributed by atoms with Gasteiger partial charge in [0, 0.05) is 37.6 Å². The number of halogens is 1. The van der Waals surface area contributed by atoms with Gasteiger partial charge in [0.05, 0.1) is 6.54 Å². The average Bonchev–Trinajstić information content (AvgIpc) is 2.66. The molecule has 0 aliphatic carbocycles. The maximum absolute atomic E-state index is 13.6. The van der Waals surface area contributed by atoms with Crippen molar-refractivity contribution >= 4 is 17.7 Å². The van der Waals surface area contributed by atoms with Crippen LogP contribution < -0.4 is 10.6 Å². The second-order valence-corrected chi connectivity index (χ2v) is 7.99. The quantitative estimate of drug-likeness (QED) is 0.523.